The summed E-state index contributed by atoms with van der Waals surface area (Å²) in [6, 6.07) is 23.7. The van der Waals surface area contributed by atoms with Gasteiger partial charge < -0.3 is 24.1 Å². The van der Waals surface area contributed by atoms with Crippen molar-refractivity contribution in [2.24, 2.45) is 0 Å². The van der Waals surface area contributed by atoms with E-state index in [1.165, 1.54) is 36.4 Å². The van der Waals surface area contributed by atoms with E-state index in [1.807, 2.05) is 0 Å². The van der Waals surface area contributed by atoms with Gasteiger partial charge in [0.2, 0.25) is 0 Å². The summed E-state index contributed by atoms with van der Waals surface area (Å²) >= 11 is 0. The first kappa shape index (κ1) is 25.0. The molecule has 0 amide bonds. The Balaban J connectivity index is 1.52. The number of hydrogen-bond acceptors (Lipinski definition) is 8. The van der Waals surface area contributed by atoms with Gasteiger partial charge in [0.15, 0.2) is 24.7 Å². The number of halogens is 1. The van der Waals surface area contributed by atoms with E-state index in [9.17, 15) is 19.5 Å². The molecule has 0 aliphatic carbocycles. The Kier molecular flexibility index (Phi) is 8.04. The molecule has 0 radical (unpaired) electrons. The first-order valence-corrected chi connectivity index (χ1v) is 11.2. The highest BCUT2D eigenvalue weighted by Crippen LogP contribution is 2.29. The molecular formula is C27H23FO8. The number of carbonyl (C=O) groups excluding carboxylic acids is 3. The van der Waals surface area contributed by atoms with Gasteiger partial charge >= 0.3 is 17.9 Å². The van der Waals surface area contributed by atoms with Crippen LogP contribution in [0.5, 0.6) is 0 Å². The van der Waals surface area contributed by atoms with E-state index in [2.05, 4.69) is 0 Å². The van der Waals surface area contributed by atoms with Crippen LogP contribution >= 0.6 is 0 Å². The minimum Gasteiger partial charge on any atom is -0.459 e. The highest BCUT2D eigenvalue weighted by molar-refractivity contribution is 5.90. The molecule has 3 unspecified atom stereocenters. The third-order valence-electron chi connectivity index (χ3n) is 5.48. The number of ether oxygens (including phenoxy) is 4. The molecule has 9 heteroatoms. The van der Waals surface area contributed by atoms with E-state index in [1.54, 1.807) is 54.6 Å². The topological polar surface area (TPSA) is 108 Å². The Morgan fingerprint density at radius 2 is 1.11 bits per heavy atom. The average molecular weight is 494 g/mol. The lowest BCUT2D eigenvalue weighted by molar-refractivity contribution is -0.273. The zero-order valence-electron chi connectivity index (χ0n) is 18.9. The Morgan fingerprint density at radius 3 is 1.58 bits per heavy atom. The summed E-state index contributed by atoms with van der Waals surface area (Å²) in [4.78, 5) is 37.6. The van der Waals surface area contributed by atoms with Crippen molar-refractivity contribution in [1.82, 2.24) is 0 Å². The fourth-order valence-corrected chi connectivity index (χ4v) is 3.62. The molecular weight excluding hydrogens is 471 g/mol. The third kappa shape index (κ3) is 5.94. The zero-order valence-corrected chi connectivity index (χ0v) is 18.9. The maximum Gasteiger partial charge on any atom is 0.338 e. The lowest BCUT2D eigenvalue weighted by Gasteiger charge is -2.40. The molecule has 0 aromatic heterocycles. The van der Waals surface area contributed by atoms with Crippen molar-refractivity contribution in [2.75, 3.05) is 6.61 Å². The van der Waals surface area contributed by atoms with Gasteiger partial charge in [-0.25, -0.2) is 18.8 Å². The Hall–Kier alpha value is -4.08. The average Bonchev–Trinajstić information content (AvgIpc) is 2.92. The second kappa shape index (κ2) is 11.6. The van der Waals surface area contributed by atoms with Crippen LogP contribution in [0.4, 0.5) is 4.39 Å². The van der Waals surface area contributed by atoms with Crippen LogP contribution < -0.4 is 0 Å². The summed E-state index contributed by atoms with van der Waals surface area (Å²) in [5.41, 5.74) is 0.518. The van der Waals surface area contributed by atoms with E-state index >= 15 is 4.39 Å². The summed E-state index contributed by atoms with van der Waals surface area (Å²) in [6.45, 7) is -0.579. The van der Waals surface area contributed by atoms with Gasteiger partial charge in [-0.15, -0.1) is 0 Å². The van der Waals surface area contributed by atoms with Crippen molar-refractivity contribution in [3.8, 4) is 0 Å². The molecule has 1 saturated heterocycles. The van der Waals surface area contributed by atoms with Crippen LogP contribution in [0.1, 0.15) is 31.1 Å². The van der Waals surface area contributed by atoms with Crippen LogP contribution in [0.15, 0.2) is 91.0 Å². The van der Waals surface area contributed by atoms with Crippen LogP contribution in [0.3, 0.4) is 0 Å². The summed E-state index contributed by atoms with van der Waals surface area (Å²) < 4.78 is 36.7. The molecule has 186 valence electrons. The Morgan fingerprint density at radius 1 is 0.694 bits per heavy atom. The normalized spacial score (nSPS) is 23.3. The number of aliphatic hydroxyl groups is 1. The molecule has 0 spiro atoms. The lowest BCUT2D eigenvalue weighted by Crippen LogP contribution is -2.60. The summed E-state index contributed by atoms with van der Waals surface area (Å²) in [5, 5.41) is 10.6. The molecule has 0 bridgehead atoms. The molecule has 4 rings (SSSR count). The monoisotopic (exact) mass is 494 g/mol. The van der Waals surface area contributed by atoms with Gasteiger partial charge in [0.05, 0.1) is 16.7 Å². The van der Waals surface area contributed by atoms with Gasteiger partial charge in [-0.05, 0) is 36.4 Å². The second-order valence-electron chi connectivity index (χ2n) is 7.95. The van der Waals surface area contributed by atoms with Crippen LogP contribution in [-0.2, 0) is 18.9 Å². The fourth-order valence-electron chi connectivity index (χ4n) is 3.62. The quantitative estimate of drug-likeness (QED) is 0.394. The summed E-state index contributed by atoms with van der Waals surface area (Å²) in [5.74, 6) is -2.49. The number of esters is 3. The van der Waals surface area contributed by atoms with Crippen molar-refractivity contribution in [2.45, 2.75) is 30.8 Å². The summed E-state index contributed by atoms with van der Waals surface area (Å²) in [6.07, 6.45) is -8.87. The first-order chi connectivity index (χ1) is 17.4. The molecule has 5 atom stereocenters. The van der Waals surface area contributed by atoms with Gasteiger partial charge in [0, 0.05) is 0 Å². The van der Waals surface area contributed by atoms with Crippen LogP contribution in [0, 0.1) is 0 Å². The van der Waals surface area contributed by atoms with Crippen molar-refractivity contribution in [3.05, 3.63) is 108 Å². The third-order valence-corrected chi connectivity index (χ3v) is 5.48. The molecule has 8 nitrogen and oxygen atoms in total. The molecule has 1 N–H and O–H groups in total. The minimum absolute atomic E-state index is 0.130. The van der Waals surface area contributed by atoms with Crippen molar-refractivity contribution >= 4 is 17.9 Å². The predicted molar refractivity (Wildman–Crippen MR) is 124 cm³/mol. The fraction of sp³-hybridized carbons (Fsp3) is 0.222. The number of alkyl halides is 1. The van der Waals surface area contributed by atoms with Crippen LogP contribution in [0.2, 0.25) is 0 Å². The molecule has 36 heavy (non-hydrogen) atoms. The standard InChI is InChI=1S/C27H23FO8/c28-21-20(16-33-24(29)17-10-4-1-5-11-17)34-27(32)23(36-26(31)19-14-8-3-9-15-19)22(21)35-25(30)18-12-6-2-7-13-18/h1-15,20-23,27,32H,16H2/t20?,21-,22?,23-,27?/m1/s1. The van der Waals surface area contributed by atoms with Gasteiger partial charge in [0.1, 0.15) is 12.7 Å². The molecule has 1 fully saturated rings. The lowest BCUT2D eigenvalue weighted by atomic mass is 9.99. The molecule has 0 saturated carbocycles. The van der Waals surface area contributed by atoms with Gasteiger partial charge in [0.25, 0.3) is 0 Å². The van der Waals surface area contributed by atoms with E-state index in [-0.39, 0.29) is 16.7 Å². The highest BCUT2D eigenvalue weighted by Gasteiger charge is 2.51. The number of aliphatic hydroxyl groups excluding tert-OH is 1. The maximum atomic E-state index is 15.6. The molecule has 3 aromatic carbocycles. The zero-order chi connectivity index (χ0) is 25.5. The largest absolute Gasteiger partial charge is 0.459 e. The minimum atomic E-state index is -2.10. The van der Waals surface area contributed by atoms with Crippen LogP contribution in [-0.4, -0.2) is 60.4 Å². The smallest absolute Gasteiger partial charge is 0.338 e. The Bertz CT molecular complexity index is 1170. The second-order valence-corrected chi connectivity index (χ2v) is 7.95. The molecule has 1 aliphatic rings. The SMILES string of the molecule is O=C(OCC1OC(O)[C@H](OC(=O)c2ccccc2)C(OC(=O)c2ccccc2)[C@@H]1F)c1ccccc1. The molecule has 1 heterocycles. The first-order valence-electron chi connectivity index (χ1n) is 11.2. The Labute approximate surface area is 206 Å². The van der Waals surface area contributed by atoms with Crippen molar-refractivity contribution in [1.29, 1.82) is 0 Å². The van der Waals surface area contributed by atoms with E-state index < -0.39 is 55.3 Å². The van der Waals surface area contributed by atoms with Gasteiger partial charge in [-0.3, -0.25) is 0 Å². The van der Waals surface area contributed by atoms with Gasteiger partial charge in [-0.2, -0.15) is 0 Å². The number of rotatable bonds is 7. The number of hydrogen-bond donors (Lipinski definition) is 1. The van der Waals surface area contributed by atoms with E-state index in [4.69, 9.17) is 18.9 Å². The predicted octanol–water partition coefficient (Wildman–Crippen LogP) is 3.35. The summed E-state index contributed by atoms with van der Waals surface area (Å²) in [7, 11) is 0. The maximum absolute atomic E-state index is 15.6. The number of carbonyl (C=O) groups is 3. The number of benzene rings is 3. The van der Waals surface area contributed by atoms with Crippen molar-refractivity contribution in [3.63, 3.8) is 0 Å². The highest BCUT2D eigenvalue weighted by atomic mass is 19.1. The molecule has 3 aromatic rings. The molecule has 1 aliphatic heterocycles. The van der Waals surface area contributed by atoms with E-state index in [0.717, 1.165) is 0 Å². The van der Waals surface area contributed by atoms with Crippen molar-refractivity contribution < 1.29 is 42.8 Å². The van der Waals surface area contributed by atoms with E-state index in [0.29, 0.717) is 0 Å². The van der Waals surface area contributed by atoms with Crippen LogP contribution in [0.25, 0.3) is 0 Å². The van der Waals surface area contributed by atoms with Gasteiger partial charge in [-0.1, -0.05) is 54.6 Å².